The topological polar surface area (TPSA) is 44.1 Å². The Bertz CT molecular complexity index is 1050. The summed E-state index contributed by atoms with van der Waals surface area (Å²) in [6.07, 6.45) is 0. The molecule has 1 aromatic heterocycles. The van der Waals surface area contributed by atoms with Gasteiger partial charge in [-0.15, -0.1) is 0 Å². The molecule has 3 rings (SSSR count). The summed E-state index contributed by atoms with van der Waals surface area (Å²) >= 11 is 15.5. The molecule has 0 aliphatic heterocycles. The van der Waals surface area contributed by atoms with E-state index in [-0.39, 0.29) is 37.5 Å². The van der Waals surface area contributed by atoms with E-state index in [0.717, 1.165) is 12.1 Å². The summed E-state index contributed by atoms with van der Waals surface area (Å²) in [5.74, 6) is -1.36. The molecule has 140 valence electrons. The molecular weight excluding hydrogens is 465 g/mol. The van der Waals surface area contributed by atoms with Crippen LogP contribution < -0.4 is 10.3 Å². The number of hydrogen-bond acceptors (Lipinski definition) is 3. The molecule has 0 atom stereocenters. The summed E-state index contributed by atoms with van der Waals surface area (Å²) in [5.41, 5.74) is -0.507. The quantitative estimate of drug-likeness (QED) is 0.502. The van der Waals surface area contributed by atoms with Crippen LogP contribution >= 0.6 is 39.1 Å². The van der Waals surface area contributed by atoms with Crippen molar-refractivity contribution in [1.29, 1.82) is 0 Å². The lowest BCUT2D eigenvalue weighted by atomic mass is 10.2. The number of hydrogen-bond donors (Lipinski definition) is 0. The van der Waals surface area contributed by atoms with Gasteiger partial charge in [-0.1, -0.05) is 35.3 Å². The van der Waals surface area contributed by atoms with Crippen LogP contribution in [0, 0.1) is 18.6 Å². The first-order chi connectivity index (χ1) is 12.8. The van der Waals surface area contributed by atoms with E-state index in [1.54, 1.807) is 25.1 Å². The number of ether oxygens (including phenoxy) is 1. The van der Waals surface area contributed by atoms with Crippen molar-refractivity contribution in [2.24, 2.45) is 0 Å². The van der Waals surface area contributed by atoms with Gasteiger partial charge in [0.25, 0.3) is 5.56 Å². The van der Waals surface area contributed by atoms with Crippen molar-refractivity contribution in [2.45, 2.75) is 13.5 Å². The van der Waals surface area contributed by atoms with Gasteiger partial charge in [-0.3, -0.25) is 9.36 Å². The van der Waals surface area contributed by atoms with E-state index in [4.69, 9.17) is 27.9 Å². The van der Waals surface area contributed by atoms with Crippen molar-refractivity contribution in [3.05, 3.63) is 84.3 Å². The summed E-state index contributed by atoms with van der Waals surface area (Å²) in [4.78, 5) is 17.0. The molecule has 2 aromatic carbocycles. The largest absolute Gasteiger partial charge is 0.472 e. The maximum Gasteiger partial charge on any atom is 0.276 e. The number of benzene rings is 2. The fourth-order valence-electron chi connectivity index (χ4n) is 2.46. The lowest BCUT2D eigenvalue weighted by Crippen LogP contribution is -2.24. The molecular formula is C18H11BrCl2F2N2O2. The minimum Gasteiger partial charge on any atom is -0.472 e. The Hall–Kier alpha value is -1.96. The Morgan fingerprint density at radius 2 is 1.67 bits per heavy atom. The van der Waals surface area contributed by atoms with E-state index in [1.165, 1.54) is 10.6 Å². The molecule has 1 heterocycles. The van der Waals surface area contributed by atoms with Gasteiger partial charge >= 0.3 is 0 Å². The predicted molar refractivity (Wildman–Crippen MR) is 103 cm³/mol. The average molecular weight is 476 g/mol. The first-order valence-electron chi connectivity index (χ1n) is 7.60. The van der Waals surface area contributed by atoms with E-state index in [0.29, 0.717) is 0 Å². The van der Waals surface area contributed by atoms with Crippen molar-refractivity contribution >= 4 is 39.1 Å². The van der Waals surface area contributed by atoms with Crippen LogP contribution in [0.15, 0.2) is 45.7 Å². The number of aromatic nitrogens is 2. The lowest BCUT2D eigenvalue weighted by Gasteiger charge is -2.15. The number of nitrogens with zero attached hydrogens (tertiary/aromatic N) is 2. The van der Waals surface area contributed by atoms with Crippen molar-refractivity contribution in [2.75, 3.05) is 0 Å². The number of rotatable bonds is 4. The third kappa shape index (κ3) is 3.85. The van der Waals surface area contributed by atoms with Crippen molar-refractivity contribution in [3.8, 4) is 11.6 Å². The second kappa shape index (κ2) is 7.96. The summed E-state index contributed by atoms with van der Waals surface area (Å²) in [6.45, 7) is 1.13. The lowest BCUT2D eigenvalue weighted by molar-refractivity contribution is 0.277. The van der Waals surface area contributed by atoms with Crippen LogP contribution in [0.5, 0.6) is 5.88 Å². The Morgan fingerprint density at radius 3 is 2.26 bits per heavy atom. The summed E-state index contributed by atoms with van der Waals surface area (Å²) in [6, 6.07) is 8.32. The van der Waals surface area contributed by atoms with E-state index in [1.807, 2.05) is 0 Å². The van der Waals surface area contributed by atoms with Gasteiger partial charge in [0, 0.05) is 0 Å². The van der Waals surface area contributed by atoms with E-state index < -0.39 is 23.8 Å². The van der Waals surface area contributed by atoms with Gasteiger partial charge in [0.05, 0.1) is 21.3 Å². The third-order valence-electron chi connectivity index (χ3n) is 3.74. The molecule has 0 aliphatic carbocycles. The highest BCUT2D eigenvalue weighted by Crippen LogP contribution is 2.30. The van der Waals surface area contributed by atoms with Gasteiger partial charge in [-0.25, -0.2) is 8.78 Å². The zero-order valence-electron chi connectivity index (χ0n) is 13.8. The highest BCUT2D eigenvalue weighted by Gasteiger charge is 2.19. The van der Waals surface area contributed by atoms with Crippen LogP contribution in [0.1, 0.15) is 11.4 Å². The smallest absolute Gasteiger partial charge is 0.276 e. The summed E-state index contributed by atoms with van der Waals surface area (Å²) < 4.78 is 34.1. The SMILES string of the molecule is Cc1nc(OCc2c(F)cccc2F)c(Br)c(=O)n1-c1c(Cl)cccc1Cl. The zero-order chi connectivity index (χ0) is 19.7. The monoisotopic (exact) mass is 474 g/mol. The fraction of sp³-hybridized carbons (Fsp3) is 0.111. The molecule has 9 heteroatoms. The first-order valence-corrected chi connectivity index (χ1v) is 9.15. The van der Waals surface area contributed by atoms with Gasteiger partial charge < -0.3 is 4.74 Å². The average Bonchev–Trinajstić information content (AvgIpc) is 2.61. The van der Waals surface area contributed by atoms with Crippen LogP contribution in [-0.2, 0) is 6.61 Å². The molecule has 0 aliphatic rings. The normalized spacial score (nSPS) is 10.9. The Morgan fingerprint density at radius 1 is 1.11 bits per heavy atom. The third-order valence-corrected chi connectivity index (χ3v) is 5.03. The standard InChI is InChI=1S/C18H11BrCl2F2N2O2/c1-9-24-17(27-8-10-13(22)6-3-7-14(10)23)15(19)18(26)25(9)16-11(20)4-2-5-12(16)21/h2-7H,8H2,1H3. The van der Waals surface area contributed by atoms with Crippen LogP contribution in [0.25, 0.3) is 5.69 Å². The van der Waals surface area contributed by atoms with E-state index in [9.17, 15) is 13.6 Å². The highest BCUT2D eigenvalue weighted by molar-refractivity contribution is 9.10. The van der Waals surface area contributed by atoms with E-state index >= 15 is 0 Å². The summed E-state index contributed by atoms with van der Waals surface area (Å²) in [5, 5.41) is 0.534. The fourth-order valence-corrected chi connectivity index (χ4v) is 3.40. The predicted octanol–water partition coefficient (Wildman–Crippen LogP) is 5.47. The van der Waals surface area contributed by atoms with Gasteiger partial charge in [0.2, 0.25) is 5.88 Å². The number of para-hydroxylation sites is 1. The molecule has 0 spiro atoms. The van der Waals surface area contributed by atoms with Crippen LogP contribution in [0.3, 0.4) is 0 Å². The molecule has 0 saturated heterocycles. The maximum absolute atomic E-state index is 13.7. The molecule has 0 unspecified atom stereocenters. The molecule has 27 heavy (non-hydrogen) atoms. The number of halogens is 5. The molecule has 0 bridgehead atoms. The Labute approximate surface area is 171 Å². The van der Waals surface area contributed by atoms with Crippen LogP contribution in [-0.4, -0.2) is 9.55 Å². The molecule has 4 nitrogen and oxygen atoms in total. The van der Waals surface area contributed by atoms with Crippen LogP contribution in [0.4, 0.5) is 8.78 Å². The molecule has 3 aromatic rings. The molecule has 0 radical (unpaired) electrons. The molecule has 0 saturated carbocycles. The van der Waals surface area contributed by atoms with Gasteiger partial charge in [-0.2, -0.15) is 4.98 Å². The maximum atomic E-state index is 13.7. The molecule has 0 N–H and O–H groups in total. The second-order valence-corrected chi connectivity index (χ2v) is 7.09. The van der Waals surface area contributed by atoms with Gasteiger partial charge in [-0.05, 0) is 47.1 Å². The van der Waals surface area contributed by atoms with E-state index in [2.05, 4.69) is 20.9 Å². The molecule has 0 fully saturated rings. The number of aryl methyl sites for hydroxylation is 1. The van der Waals surface area contributed by atoms with Crippen molar-refractivity contribution < 1.29 is 13.5 Å². The highest BCUT2D eigenvalue weighted by atomic mass is 79.9. The Balaban J connectivity index is 2.02. The summed E-state index contributed by atoms with van der Waals surface area (Å²) in [7, 11) is 0. The molecule has 0 amide bonds. The minimum absolute atomic E-state index is 0.0270. The van der Waals surface area contributed by atoms with Gasteiger partial charge in [0.15, 0.2) is 0 Å². The van der Waals surface area contributed by atoms with Gasteiger partial charge in [0.1, 0.15) is 28.5 Å². The Kier molecular flexibility index (Phi) is 5.83. The first kappa shape index (κ1) is 19.8. The van der Waals surface area contributed by atoms with Crippen molar-refractivity contribution in [3.63, 3.8) is 0 Å². The minimum atomic E-state index is -0.751. The zero-order valence-corrected chi connectivity index (χ0v) is 16.9. The van der Waals surface area contributed by atoms with Crippen molar-refractivity contribution in [1.82, 2.24) is 9.55 Å². The van der Waals surface area contributed by atoms with Crippen LogP contribution in [0.2, 0.25) is 10.0 Å². The second-order valence-electron chi connectivity index (χ2n) is 5.48.